The lowest BCUT2D eigenvalue weighted by molar-refractivity contribution is -0.121. The van der Waals surface area contributed by atoms with Crippen LogP contribution in [0.25, 0.3) is 16.7 Å². The number of thioether (sulfide) groups is 1. The number of hydrogen-bond donors (Lipinski definition) is 1. The van der Waals surface area contributed by atoms with E-state index in [1.807, 2.05) is 80.8 Å². The molecule has 8 heteroatoms. The fraction of sp³-hybridized carbons (Fsp3) is 0.231. The predicted molar refractivity (Wildman–Crippen MR) is 133 cm³/mol. The number of carbonyl (C=O) groups excluding carboxylic acids is 1. The van der Waals surface area contributed by atoms with E-state index in [0.717, 1.165) is 33.5 Å². The summed E-state index contributed by atoms with van der Waals surface area (Å²) in [6.45, 7) is 3.95. The molecule has 0 saturated heterocycles. The van der Waals surface area contributed by atoms with Crippen LogP contribution in [0, 0.1) is 13.8 Å². The van der Waals surface area contributed by atoms with E-state index < -0.39 is 0 Å². The number of fused-ring (bicyclic) bond motifs is 2. The lowest BCUT2D eigenvalue weighted by Gasteiger charge is -2.18. The summed E-state index contributed by atoms with van der Waals surface area (Å²) in [6.07, 6.45) is 2.82. The molecule has 0 aliphatic rings. The van der Waals surface area contributed by atoms with Gasteiger partial charge >= 0.3 is 0 Å². The Labute approximate surface area is 201 Å². The minimum Gasteiger partial charge on any atom is -0.459 e. The van der Waals surface area contributed by atoms with Gasteiger partial charge in [-0.2, -0.15) is 4.98 Å². The van der Waals surface area contributed by atoms with E-state index in [0.29, 0.717) is 29.5 Å². The first-order valence-corrected chi connectivity index (χ1v) is 12.4. The standard InChI is InChI=1S/C26H25N5O2S/c1-16-20(17(2)31-25(27-16)29-26(30-31)34-3)13-14-23(32)28-24(18-9-5-4-6-10-18)22-15-19-11-7-8-12-21(19)33-22/h4-12,15,24H,13-14H2,1-3H3,(H,28,32)/t24-/m0/s1. The highest BCUT2D eigenvalue weighted by Gasteiger charge is 2.21. The zero-order valence-corrected chi connectivity index (χ0v) is 20.1. The molecule has 1 amide bonds. The average Bonchev–Trinajstić information content (AvgIpc) is 3.47. The number of furan rings is 1. The molecular weight excluding hydrogens is 446 g/mol. The summed E-state index contributed by atoms with van der Waals surface area (Å²) < 4.78 is 7.86. The molecule has 0 spiro atoms. The van der Waals surface area contributed by atoms with Gasteiger partial charge in [0.25, 0.3) is 5.78 Å². The van der Waals surface area contributed by atoms with Crippen molar-refractivity contribution in [3.63, 3.8) is 0 Å². The molecule has 5 aromatic rings. The van der Waals surface area contributed by atoms with Gasteiger partial charge in [-0.3, -0.25) is 4.79 Å². The summed E-state index contributed by atoms with van der Waals surface area (Å²) in [5.74, 6) is 1.24. The Morgan fingerprint density at radius 1 is 1.09 bits per heavy atom. The highest BCUT2D eigenvalue weighted by Crippen LogP contribution is 2.28. The van der Waals surface area contributed by atoms with Gasteiger partial charge in [0, 0.05) is 23.2 Å². The highest BCUT2D eigenvalue weighted by atomic mass is 32.2. The van der Waals surface area contributed by atoms with E-state index >= 15 is 0 Å². The minimum absolute atomic E-state index is 0.0587. The molecule has 0 aliphatic carbocycles. The Morgan fingerprint density at radius 3 is 2.62 bits per heavy atom. The van der Waals surface area contributed by atoms with Crippen LogP contribution in [0.4, 0.5) is 0 Å². The Bertz CT molecular complexity index is 1440. The second-order valence-corrected chi connectivity index (χ2v) is 8.94. The summed E-state index contributed by atoms with van der Waals surface area (Å²) in [6, 6.07) is 19.4. The second-order valence-electron chi connectivity index (χ2n) is 8.17. The van der Waals surface area contributed by atoms with Crippen LogP contribution < -0.4 is 5.32 Å². The van der Waals surface area contributed by atoms with Gasteiger partial charge in [-0.1, -0.05) is 60.3 Å². The first-order chi connectivity index (χ1) is 16.5. The molecule has 2 aromatic carbocycles. The summed E-state index contributed by atoms with van der Waals surface area (Å²) in [7, 11) is 0. The monoisotopic (exact) mass is 471 g/mol. The first-order valence-electron chi connectivity index (χ1n) is 11.1. The van der Waals surface area contributed by atoms with E-state index in [1.165, 1.54) is 11.8 Å². The van der Waals surface area contributed by atoms with Crippen LogP contribution >= 0.6 is 11.8 Å². The van der Waals surface area contributed by atoms with E-state index in [-0.39, 0.29) is 11.9 Å². The van der Waals surface area contributed by atoms with Gasteiger partial charge in [0.05, 0.1) is 0 Å². The van der Waals surface area contributed by atoms with Crippen LogP contribution in [-0.4, -0.2) is 31.7 Å². The molecular formula is C26H25N5O2S. The molecule has 0 unspecified atom stereocenters. The van der Waals surface area contributed by atoms with Crippen molar-refractivity contribution in [3.05, 3.63) is 88.9 Å². The van der Waals surface area contributed by atoms with Crippen LogP contribution in [0.1, 0.15) is 40.7 Å². The number of nitrogens with one attached hydrogen (secondary N) is 1. The SMILES string of the molecule is CSc1nc2nc(C)c(CCC(=O)N[C@@H](c3ccccc3)c3cc4ccccc4o3)c(C)n2n1. The quantitative estimate of drug-likeness (QED) is 0.335. The zero-order valence-electron chi connectivity index (χ0n) is 19.3. The normalized spacial score (nSPS) is 12.3. The van der Waals surface area contributed by atoms with Crippen molar-refractivity contribution in [1.82, 2.24) is 24.9 Å². The third-order valence-electron chi connectivity index (χ3n) is 5.98. The van der Waals surface area contributed by atoms with E-state index in [4.69, 9.17) is 4.42 Å². The first kappa shape index (κ1) is 22.2. The van der Waals surface area contributed by atoms with Crippen LogP contribution in [0.2, 0.25) is 0 Å². The number of rotatable bonds is 7. The molecule has 7 nitrogen and oxygen atoms in total. The number of para-hydroxylation sites is 1. The number of aromatic nitrogens is 4. The number of hydrogen-bond acceptors (Lipinski definition) is 6. The summed E-state index contributed by atoms with van der Waals surface area (Å²) in [4.78, 5) is 22.1. The molecule has 0 saturated carbocycles. The molecule has 3 heterocycles. The van der Waals surface area contributed by atoms with Gasteiger partial charge in [-0.25, -0.2) is 9.50 Å². The number of amides is 1. The average molecular weight is 472 g/mol. The topological polar surface area (TPSA) is 85.3 Å². The Balaban J connectivity index is 1.38. The van der Waals surface area contributed by atoms with Gasteiger partial charge in [-0.15, -0.1) is 5.10 Å². The summed E-state index contributed by atoms with van der Waals surface area (Å²) in [5, 5.41) is 9.37. The van der Waals surface area contributed by atoms with Crippen LogP contribution in [0.15, 0.2) is 70.2 Å². The molecule has 0 aliphatic heterocycles. The van der Waals surface area contributed by atoms with E-state index in [2.05, 4.69) is 20.4 Å². The predicted octanol–water partition coefficient (Wildman–Crippen LogP) is 5.05. The minimum atomic E-state index is -0.372. The third kappa shape index (κ3) is 4.28. The maximum Gasteiger partial charge on any atom is 0.253 e. The van der Waals surface area contributed by atoms with Gasteiger partial charge in [0.15, 0.2) is 0 Å². The van der Waals surface area contributed by atoms with Gasteiger partial charge in [0.2, 0.25) is 11.1 Å². The molecule has 0 radical (unpaired) electrons. The van der Waals surface area contributed by atoms with Gasteiger partial charge < -0.3 is 9.73 Å². The molecule has 34 heavy (non-hydrogen) atoms. The van der Waals surface area contributed by atoms with Crippen molar-refractivity contribution in [2.75, 3.05) is 6.26 Å². The van der Waals surface area contributed by atoms with Crippen LogP contribution in [-0.2, 0) is 11.2 Å². The van der Waals surface area contributed by atoms with Crippen LogP contribution in [0.3, 0.4) is 0 Å². The number of nitrogens with zero attached hydrogens (tertiary/aromatic N) is 4. The maximum absolute atomic E-state index is 13.1. The van der Waals surface area contributed by atoms with Crippen molar-refractivity contribution in [3.8, 4) is 0 Å². The number of aryl methyl sites for hydroxylation is 2. The third-order valence-corrected chi connectivity index (χ3v) is 6.52. The Kier molecular flexibility index (Phi) is 6.06. The molecule has 5 rings (SSSR count). The zero-order chi connectivity index (χ0) is 23.7. The van der Waals surface area contributed by atoms with Crippen molar-refractivity contribution < 1.29 is 9.21 Å². The fourth-order valence-corrected chi connectivity index (χ4v) is 4.56. The van der Waals surface area contributed by atoms with E-state index in [1.54, 1.807) is 4.52 Å². The molecule has 1 N–H and O–H groups in total. The second kappa shape index (κ2) is 9.30. The van der Waals surface area contributed by atoms with Crippen molar-refractivity contribution >= 4 is 34.4 Å². The highest BCUT2D eigenvalue weighted by molar-refractivity contribution is 7.98. The van der Waals surface area contributed by atoms with Crippen LogP contribution in [0.5, 0.6) is 0 Å². The number of benzene rings is 2. The largest absolute Gasteiger partial charge is 0.459 e. The lowest BCUT2D eigenvalue weighted by Crippen LogP contribution is -2.29. The van der Waals surface area contributed by atoms with E-state index in [9.17, 15) is 4.79 Å². The molecule has 172 valence electrons. The van der Waals surface area contributed by atoms with Crippen molar-refractivity contribution in [1.29, 1.82) is 0 Å². The summed E-state index contributed by atoms with van der Waals surface area (Å²) >= 11 is 1.48. The molecule has 1 atom stereocenters. The Morgan fingerprint density at radius 2 is 1.85 bits per heavy atom. The smallest absolute Gasteiger partial charge is 0.253 e. The molecule has 0 fully saturated rings. The molecule has 0 bridgehead atoms. The van der Waals surface area contributed by atoms with Gasteiger partial charge in [-0.05, 0) is 49.8 Å². The lowest BCUT2D eigenvalue weighted by atomic mass is 10.0. The maximum atomic E-state index is 13.1. The fourth-order valence-electron chi connectivity index (χ4n) is 4.22. The summed E-state index contributed by atoms with van der Waals surface area (Å²) in [5.41, 5.74) is 4.61. The van der Waals surface area contributed by atoms with Crippen molar-refractivity contribution in [2.45, 2.75) is 37.9 Å². The van der Waals surface area contributed by atoms with Crippen molar-refractivity contribution in [2.24, 2.45) is 0 Å². The molecule has 3 aromatic heterocycles. The van der Waals surface area contributed by atoms with Gasteiger partial charge in [0.1, 0.15) is 17.4 Å². The number of carbonyl (C=O) groups is 1. The Hall–Kier alpha value is -3.65.